The summed E-state index contributed by atoms with van der Waals surface area (Å²) in [6.45, 7) is 0. The van der Waals surface area contributed by atoms with E-state index in [1.165, 1.54) is 23.9 Å². The number of carbonyl (C=O) groups is 1. The Labute approximate surface area is 126 Å². The summed E-state index contributed by atoms with van der Waals surface area (Å²) >= 11 is 7.46. The molecule has 1 amide bonds. The third-order valence-electron chi connectivity index (χ3n) is 2.60. The first-order chi connectivity index (χ1) is 9.66. The van der Waals surface area contributed by atoms with Gasteiger partial charge in [-0.25, -0.2) is 4.39 Å². The largest absolute Gasteiger partial charge is 0.323 e. The smallest absolute Gasteiger partial charge is 0.234 e. The maximum absolute atomic E-state index is 13.4. The second kappa shape index (κ2) is 7.31. The maximum Gasteiger partial charge on any atom is 0.234 e. The molecule has 0 fully saturated rings. The molecule has 0 aliphatic carbocycles. The fourth-order valence-electron chi connectivity index (χ4n) is 1.62. The standard InChI is InChI=1S/C15H13ClFNOS/c16-12-6-2-1-5-11(12)9-20-10-15(19)18-14-8-4-3-7-13(14)17/h1-8H,9-10H2,(H,18,19). The van der Waals surface area contributed by atoms with E-state index in [2.05, 4.69) is 5.32 Å². The molecular formula is C15H13ClFNOS. The Bertz CT molecular complexity index is 606. The SMILES string of the molecule is O=C(CSCc1ccccc1Cl)Nc1ccccc1F. The topological polar surface area (TPSA) is 29.1 Å². The normalized spacial score (nSPS) is 10.3. The Morgan fingerprint density at radius 3 is 2.60 bits per heavy atom. The van der Waals surface area contributed by atoms with Crippen LogP contribution in [0.4, 0.5) is 10.1 Å². The first kappa shape index (κ1) is 14.9. The second-order valence-corrected chi connectivity index (χ2v) is 5.51. The van der Waals surface area contributed by atoms with Gasteiger partial charge in [-0.15, -0.1) is 11.8 Å². The first-order valence-corrected chi connectivity index (χ1v) is 7.55. The Hall–Kier alpha value is -1.52. The zero-order valence-electron chi connectivity index (χ0n) is 10.6. The highest BCUT2D eigenvalue weighted by molar-refractivity contribution is 7.99. The van der Waals surface area contributed by atoms with Crippen LogP contribution in [0.3, 0.4) is 0 Å². The molecule has 20 heavy (non-hydrogen) atoms. The third-order valence-corrected chi connectivity index (χ3v) is 3.95. The molecule has 2 rings (SSSR count). The van der Waals surface area contributed by atoms with Gasteiger partial charge in [-0.1, -0.05) is 41.9 Å². The van der Waals surface area contributed by atoms with Gasteiger partial charge in [0, 0.05) is 10.8 Å². The lowest BCUT2D eigenvalue weighted by Crippen LogP contribution is -2.15. The van der Waals surface area contributed by atoms with Crippen molar-refractivity contribution >= 4 is 35.0 Å². The molecule has 0 heterocycles. The number of hydrogen-bond donors (Lipinski definition) is 1. The predicted molar refractivity (Wildman–Crippen MR) is 82.6 cm³/mol. The van der Waals surface area contributed by atoms with Gasteiger partial charge in [-0.2, -0.15) is 0 Å². The molecule has 1 N–H and O–H groups in total. The number of benzene rings is 2. The molecule has 5 heteroatoms. The van der Waals surface area contributed by atoms with Crippen LogP contribution in [0.25, 0.3) is 0 Å². The van der Waals surface area contributed by atoms with Crippen LogP contribution in [-0.4, -0.2) is 11.7 Å². The lowest BCUT2D eigenvalue weighted by molar-refractivity contribution is -0.113. The van der Waals surface area contributed by atoms with Crippen molar-refractivity contribution in [3.8, 4) is 0 Å². The van der Waals surface area contributed by atoms with Crippen LogP contribution >= 0.6 is 23.4 Å². The molecule has 0 saturated heterocycles. The number of hydrogen-bond acceptors (Lipinski definition) is 2. The number of nitrogens with one attached hydrogen (secondary N) is 1. The number of rotatable bonds is 5. The minimum Gasteiger partial charge on any atom is -0.323 e. The summed E-state index contributed by atoms with van der Waals surface area (Å²) in [5.41, 5.74) is 1.19. The summed E-state index contributed by atoms with van der Waals surface area (Å²) in [5, 5.41) is 3.23. The lowest BCUT2D eigenvalue weighted by Gasteiger charge is -2.06. The van der Waals surface area contributed by atoms with Gasteiger partial charge in [0.2, 0.25) is 5.91 Å². The third kappa shape index (κ3) is 4.25. The van der Waals surface area contributed by atoms with Crippen molar-refractivity contribution in [3.63, 3.8) is 0 Å². The number of thioether (sulfide) groups is 1. The summed E-state index contributed by atoms with van der Waals surface area (Å²) in [6.07, 6.45) is 0. The molecule has 0 aliphatic heterocycles. The van der Waals surface area contributed by atoms with Gasteiger partial charge in [0.15, 0.2) is 0 Å². The van der Waals surface area contributed by atoms with E-state index in [0.717, 1.165) is 5.56 Å². The van der Waals surface area contributed by atoms with Crippen LogP contribution in [0, 0.1) is 5.82 Å². The van der Waals surface area contributed by atoms with E-state index < -0.39 is 5.82 Å². The second-order valence-electron chi connectivity index (χ2n) is 4.11. The number of carbonyl (C=O) groups excluding carboxylic acids is 1. The Kier molecular flexibility index (Phi) is 5.44. The predicted octanol–water partition coefficient (Wildman–Crippen LogP) is 4.35. The molecule has 2 aromatic rings. The highest BCUT2D eigenvalue weighted by Crippen LogP contribution is 2.21. The Morgan fingerprint density at radius 1 is 1.15 bits per heavy atom. The molecule has 0 spiro atoms. The summed E-state index contributed by atoms with van der Waals surface area (Å²) < 4.78 is 13.4. The van der Waals surface area contributed by atoms with Gasteiger partial charge in [0.1, 0.15) is 5.82 Å². The van der Waals surface area contributed by atoms with Crippen LogP contribution in [0.1, 0.15) is 5.56 Å². The fourth-order valence-corrected chi connectivity index (χ4v) is 2.73. The molecular weight excluding hydrogens is 297 g/mol. The molecule has 0 atom stereocenters. The average molecular weight is 310 g/mol. The molecule has 0 radical (unpaired) electrons. The minimum absolute atomic E-state index is 0.204. The molecule has 0 saturated carbocycles. The maximum atomic E-state index is 13.4. The van der Waals surface area contributed by atoms with E-state index in [-0.39, 0.29) is 17.3 Å². The van der Waals surface area contributed by atoms with Crippen molar-refractivity contribution in [2.24, 2.45) is 0 Å². The highest BCUT2D eigenvalue weighted by atomic mass is 35.5. The van der Waals surface area contributed by atoms with Gasteiger partial charge in [0.25, 0.3) is 0 Å². The van der Waals surface area contributed by atoms with Gasteiger partial charge >= 0.3 is 0 Å². The van der Waals surface area contributed by atoms with Gasteiger partial charge in [0.05, 0.1) is 11.4 Å². The van der Waals surface area contributed by atoms with Crippen molar-refractivity contribution in [1.29, 1.82) is 0 Å². The van der Waals surface area contributed by atoms with E-state index in [9.17, 15) is 9.18 Å². The van der Waals surface area contributed by atoms with E-state index >= 15 is 0 Å². The average Bonchev–Trinajstić information content (AvgIpc) is 2.43. The summed E-state index contributed by atoms with van der Waals surface area (Å²) in [5.74, 6) is 0.230. The van der Waals surface area contributed by atoms with Crippen LogP contribution in [0.15, 0.2) is 48.5 Å². The van der Waals surface area contributed by atoms with Gasteiger partial charge in [-0.3, -0.25) is 4.79 Å². The lowest BCUT2D eigenvalue weighted by atomic mass is 10.2. The number of anilines is 1. The van der Waals surface area contributed by atoms with Crippen molar-refractivity contribution in [1.82, 2.24) is 0 Å². The number of halogens is 2. The number of para-hydroxylation sites is 1. The quantitative estimate of drug-likeness (QED) is 0.889. The van der Waals surface area contributed by atoms with E-state index in [0.29, 0.717) is 10.8 Å². The zero-order chi connectivity index (χ0) is 14.4. The zero-order valence-corrected chi connectivity index (χ0v) is 12.2. The molecule has 2 nitrogen and oxygen atoms in total. The molecule has 2 aromatic carbocycles. The Balaban J connectivity index is 1.82. The summed E-state index contributed by atoms with van der Waals surface area (Å²) in [4.78, 5) is 11.7. The van der Waals surface area contributed by atoms with Crippen LogP contribution in [0.5, 0.6) is 0 Å². The van der Waals surface area contributed by atoms with E-state index in [4.69, 9.17) is 11.6 Å². The van der Waals surface area contributed by atoms with Crippen molar-refractivity contribution in [2.45, 2.75) is 5.75 Å². The minimum atomic E-state index is -0.433. The molecule has 104 valence electrons. The van der Waals surface area contributed by atoms with E-state index in [1.54, 1.807) is 12.1 Å². The van der Waals surface area contributed by atoms with Crippen molar-refractivity contribution < 1.29 is 9.18 Å². The Morgan fingerprint density at radius 2 is 1.85 bits per heavy atom. The summed E-state index contributed by atoms with van der Waals surface area (Å²) in [6, 6.07) is 13.6. The highest BCUT2D eigenvalue weighted by Gasteiger charge is 2.07. The molecule has 0 bridgehead atoms. The van der Waals surface area contributed by atoms with Crippen LogP contribution < -0.4 is 5.32 Å². The van der Waals surface area contributed by atoms with Gasteiger partial charge < -0.3 is 5.32 Å². The van der Waals surface area contributed by atoms with Crippen LogP contribution in [0.2, 0.25) is 5.02 Å². The van der Waals surface area contributed by atoms with Crippen molar-refractivity contribution in [2.75, 3.05) is 11.1 Å². The molecule has 0 aromatic heterocycles. The van der Waals surface area contributed by atoms with Gasteiger partial charge in [-0.05, 0) is 23.8 Å². The monoisotopic (exact) mass is 309 g/mol. The number of amides is 1. The molecule has 0 unspecified atom stereocenters. The molecule has 0 aliphatic rings. The van der Waals surface area contributed by atoms with Crippen LogP contribution in [-0.2, 0) is 10.5 Å². The van der Waals surface area contributed by atoms with E-state index in [1.807, 2.05) is 24.3 Å². The van der Waals surface area contributed by atoms with Crippen molar-refractivity contribution in [3.05, 3.63) is 64.9 Å². The summed E-state index contributed by atoms with van der Waals surface area (Å²) in [7, 11) is 0. The fraction of sp³-hybridized carbons (Fsp3) is 0.133. The first-order valence-electron chi connectivity index (χ1n) is 6.02.